The van der Waals surface area contributed by atoms with Crippen LogP contribution in [-0.4, -0.2) is 10.9 Å². The lowest BCUT2D eigenvalue weighted by Crippen LogP contribution is -2.10. The second-order valence-electron chi connectivity index (χ2n) is 6.55. The average Bonchev–Trinajstić information content (AvgIpc) is 3.23. The van der Waals surface area contributed by atoms with E-state index in [0.29, 0.717) is 10.6 Å². The Morgan fingerprint density at radius 2 is 1.92 bits per heavy atom. The number of aryl methyl sites for hydroxylation is 1. The Bertz CT molecular complexity index is 928. The van der Waals surface area contributed by atoms with Crippen molar-refractivity contribution in [2.45, 2.75) is 44.9 Å². The minimum Gasteiger partial charge on any atom is -0.464 e. The highest BCUT2D eigenvalue weighted by atomic mass is 32.1. The van der Waals surface area contributed by atoms with E-state index >= 15 is 0 Å². The van der Waals surface area contributed by atoms with Crippen molar-refractivity contribution in [2.75, 3.05) is 5.73 Å². The number of hydrogen-bond donors (Lipinski definition) is 2. The molecule has 0 fully saturated rings. The maximum Gasteiger partial charge on any atom is 0.260 e. The van der Waals surface area contributed by atoms with Crippen LogP contribution in [-0.2, 0) is 12.8 Å². The molecule has 0 radical (unpaired) electrons. The zero-order chi connectivity index (χ0) is 17.4. The molecule has 3 aromatic rings. The lowest BCUT2D eigenvalue weighted by molar-refractivity contribution is 0.100. The number of carbonyl (C=O) groups is 1. The van der Waals surface area contributed by atoms with E-state index in [2.05, 4.69) is 0 Å². The van der Waals surface area contributed by atoms with Gasteiger partial charge in [-0.1, -0.05) is 19.3 Å². The Hall–Kier alpha value is -2.34. The highest BCUT2D eigenvalue weighted by Gasteiger charge is 2.25. The molecule has 3 heterocycles. The summed E-state index contributed by atoms with van der Waals surface area (Å²) in [5.74, 6) is 0.276. The molecule has 0 saturated heterocycles. The lowest BCUT2D eigenvalue weighted by Gasteiger charge is -2.14. The molecule has 1 amide bonds. The van der Waals surface area contributed by atoms with Crippen LogP contribution in [0.2, 0.25) is 0 Å². The number of rotatable bonds is 2. The number of fused-ring (bicyclic) bond motifs is 2. The molecule has 0 spiro atoms. The van der Waals surface area contributed by atoms with Gasteiger partial charge in [-0.2, -0.15) is 0 Å². The summed E-state index contributed by atoms with van der Waals surface area (Å²) in [6, 6.07) is 3.82. The molecular weight excluding hydrogens is 334 g/mol. The fourth-order valence-corrected chi connectivity index (χ4v) is 4.69. The Morgan fingerprint density at radius 1 is 1.16 bits per heavy atom. The fraction of sp³-hybridized carbons (Fsp3) is 0.368. The van der Waals surface area contributed by atoms with Crippen molar-refractivity contribution in [3.05, 3.63) is 34.5 Å². The van der Waals surface area contributed by atoms with Gasteiger partial charge < -0.3 is 15.9 Å². The van der Waals surface area contributed by atoms with E-state index in [0.717, 1.165) is 52.9 Å². The van der Waals surface area contributed by atoms with Crippen LogP contribution in [0.5, 0.6) is 0 Å². The fourth-order valence-electron chi connectivity index (χ4n) is 3.71. The average molecular weight is 355 g/mol. The predicted molar refractivity (Wildman–Crippen MR) is 101 cm³/mol. The van der Waals surface area contributed by atoms with Crippen LogP contribution in [0.3, 0.4) is 0 Å². The van der Waals surface area contributed by atoms with E-state index < -0.39 is 5.91 Å². The SMILES string of the molecule is NC(=O)c1sc2nc3c(c(-c4ccco4)c2c1N)CCCCCCC3. The molecule has 25 heavy (non-hydrogen) atoms. The van der Waals surface area contributed by atoms with Gasteiger partial charge in [-0.3, -0.25) is 4.79 Å². The topological polar surface area (TPSA) is 95.1 Å². The van der Waals surface area contributed by atoms with Gasteiger partial charge in [0.2, 0.25) is 0 Å². The van der Waals surface area contributed by atoms with Crippen LogP contribution in [0.25, 0.3) is 21.5 Å². The monoisotopic (exact) mass is 355 g/mol. The largest absolute Gasteiger partial charge is 0.464 e. The minimum atomic E-state index is -0.505. The third-order valence-corrected chi connectivity index (χ3v) is 6.01. The first-order valence-electron chi connectivity index (χ1n) is 8.74. The normalized spacial score (nSPS) is 15.4. The quantitative estimate of drug-likeness (QED) is 0.717. The number of hydrogen-bond acceptors (Lipinski definition) is 5. The first-order valence-corrected chi connectivity index (χ1v) is 9.56. The molecule has 4 N–H and O–H groups in total. The Labute approximate surface area is 150 Å². The number of thiophene rings is 1. The smallest absolute Gasteiger partial charge is 0.260 e. The summed E-state index contributed by atoms with van der Waals surface area (Å²) in [5, 5.41) is 0.812. The minimum absolute atomic E-state index is 0.380. The van der Waals surface area contributed by atoms with E-state index in [1.165, 1.54) is 36.2 Å². The standard InChI is InChI=1S/C19H21N3O2S/c20-16-15-14(13-9-6-10-24-13)11-7-4-2-1-3-5-8-12(11)22-19(15)25-17(16)18(21)23/h6,9-10H,1-5,7-8,20H2,(H2,21,23). The molecule has 1 aliphatic carbocycles. The molecule has 0 atom stereocenters. The number of pyridine rings is 1. The third-order valence-electron chi connectivity index (χ3n) is 4.89. The van der Waals surface area contributed by atoms with Gasteiger partial charge >= 0.3 is 0 Å². The van der Waals surface area contributed by atoms with Crippen molar-refractivity contribution in [2.24, 2.45) is 5.73 Å². The molecule has 130 valence electrons. The van der Waals surface area contributed by atoms with Gasteiger partial charge in [0.1, 0.15) is 15.5 Å². The summed E-state index contributed by atoms with van der Waals surface area (Å²) in [4.78, 5) is 17.8. The molecule has 0 aromatic carbocycles. The van der Waals surface area contributed by atoms with E-state index in [9.17, 15) is 4.79 Å². The van der Waals surface area contributed by atoms with E-state index in [-0.39, 0.29) is 0 Å². The summed E-state index contributed by atoms with van der Waals surface area (Å²) in [5.41, 5.74) is 15.6. The van der Waals surface area contributed by atoms with Gasteiger partial charge in [0, 0.05) is 16.6 Å². The van der Waals surface area contributed by atoms with Crippen LogP contribution in [0.15, 0.2) is 22.8 Å². The zero-order valence-electron chi connectivity index (χ0n) is 14.0. The van der Waals surface area contributed by atoms with Crippen molar-refractivity contribution in [1.82, 2.24) is 4.98 Å². The Kier molecular flexibility index (Phi) is 4.21. The zero-order valence-corrected chi connectivity index (χ0v) is 14.8. The van der Waals surface area contributed by atoms with Gasteiger partial charge in [-0.25, -0.2) is 4.98 Å². The summed E-state index contributed by atoms with van der Waals surface area (Å²) in [6.07, 6.45) is 9.55. The van der Waals surface area contributed by atoms with Crippen LogP contribution >= 0.6 is 11.3 Å². The molecule has 1 aliphatic rings. The molecule has 0 saturated carbocycles. The molecule has 4 rings (SSSR count). The molecule has 3 aromatic heterocycles. The predicted octanol–water partition coefficient (Wildman–Crippen LogP) is 4.29. The highest BCUT2D eigenvalue weighted by molar-refractivity contribution is 7.21. The first-order chi connectivity index (χ1) is 12.2. The molecular formula is C19H21N3O2S. The molecule has 0 bridgehead atoms. The van der Waals surface area contributed by atoms with Gasteiger partial charge in [0.25, 0.3) is 5.91 Å². The number of aromatic nitrogens is 1. The number of primary amides is 1. The van der Waals surface area contributed by atoms with E-state index in [1.54, 1.807) is 6.26 Å². The van der Waals surface area contributed by atoms with E-state index in [4.69, 9.17) is 20.9 Å². The highest BCUT2D eigenvalue weighted by Crippen LogP contribution is 2.43. The summed E-state index contributed by atoms with van der Waals surface area (Å²) in [6.45, 7) is 0. The Balaban J connectivity index is 2.05. The van der Waals surface area contributed by atoms with Gasteiger partial charge in [0.15, 0.2) is 0 Å². The maximum atomic E-state index is 11.8. The molecule has 5 nitrogen and oxygen atoms in total. The number of nitrogens with zero attached hydrogens (tertiary/aromatic N) is 1. The number of nitrogens with two attached hydrogens (primary N) is 2. The van der Waals surface area contributed by atoms with Gasteiger partial charge in [0.05, 0.1) is 12.0 Å². The second-order valence-corrected chi connectivity index (χ2v) is 7.55. The van der Waals surface area contributed by atoms with Gasteiger partial charge in [-0.15, -0.1) is 11.3 Å². The van der Waals surface area contributed by atoms with Crippen LogP contribution < -0.4 is 11.5 Å². The first kappa shape index (κ1) is 16.1. The van der Waals surface area contributed by atoms with Crippen LogP contribution in [0.1, 0.15) is 53.0 Å². The van der Waals surface area contributed by atoms with E-state index in [1.807, 2.05) is 12.1 Å². The molecule has 0 aliphatic heterocycles. The third kappa shape index (κ3) is 2.80. The number of furan rings is 1. The summed E-state index contributed by atoms with van der Waals surface area (Å²) < 4.78 is 5.73. The summed E-state index contributed by atoms with van der Waals surface area (Å²) >= 11 is 1.28. The van der Waals surface area contributed by atoms with Crippen LogP contribution in [0.4, 0.5) is 5.69 Å². The summed E-state index contributed by atoms with van der Waals surface area (Å²) in [7, 11) is 0. The van der Waals surface area contributed by atoms with Crippen LogP contribution in [0, 0.1) is 0 Å². The molecule has 6 heteroatoms. The van der Waals surface area contributed by atoms with Crippen molar-refractivity contribution >= 4 is 33.1 Å². The number of nitrogen functional groups attached to an aromatic ring is 1. The van der Waals surface area contributed by atoms with Crippen molar-refractivity contribution < 1.29 is 9.21 Å². The number of carbonyl (C=O) groups excluding carboxylic acids is 1. The van der Waals surface area contributed by atoms with Gasteiger partial charge in [-0.05, 0) is 43.4 Å². The lowest BCUT2D eigenvalue weighted by atomic mass is 9.94. The van der Waals surface area contributed by atoms with Crippen molar-refractivity contribution in [3.63, 3.8) is 0 Å². The number of amides is 1. The second kappa shape index (κ2) is 6.52. The molecule has 0 unspecified atom stereocenters. The maximum absolute atomic E-state index is 11.8. The Morgan fingerprint density at radius 3 is 2.64 bits per heavy atom. The van der Waals surface area contributed by atoms with Crippen molar-refractivity contribution in [1.29, 1.82) is 0 Å². The van der Waals surface area contributed by atoms with Crippen molar-refractivity contribution in [3.8, 4) is 11.3 Å². The number of anilines is 1.